The molecule has 0 unspecified atom stereocenters. The number of rotatable bonds is 2. The number of pyridine rings is 1. The molecule has 1 aliphatic rings. The SMILES string of the molecule is Cc1ccnc([C@H]2C[C@@H]2c2cc(=O)c3ccc(Br)cc3[nH]2)n1. The Bertz CT molecular complexity index is 935. The van der Waals surface area contributed by atoms with Crippen molar-refractivity contribution >= 4 is 26.8 Å². The van der Waals surface area contributed by atoms with Crippen molar-refractivity contribution in [3.63, 3.8) is 0 Å². The second kappa shape index (κ2) is 5.02. The fourth-order valence-corrected chi connectivity index (χ4v) is 3.28. The molecule has 0 saturated heterocycles. The molecule has 22 heavy (non-hydrogen) atoms. The van der Waals surface area contributed by atoms with Gasteiger partial charge in [-0.3, -0.25) is 4.79 Å². The van der Waals surface area contributed by atoms with Gasteiger partial charge < -0.3 is 4.98 Å². The van der Waals surface area contributed by atoms with E-state index in [1.807, 2.05) is 31.2 Å². The van der Waals surface area contributed by atoms with Crippen LogP contribution in [0.4, 0.5) is 0 Å². The summed E-state index contributed by atoms with van der Waals surface area (Å²) >= 11 is 3.45. The van der Waals surface area contributed by atoms with Gasteiger partial charge >= 0.3 is 0 Å². The summed E-state index contributed by atoms with van der Waals surface area (Å²) < 4.78 is 0.960. The normalized spacial score (nSPS) is 20.3. The van der Waals surface area contributed by atoms with Crippen molar-refractivity contribution in [1.82, 2.24) is 15.0 Å². The van der Waals surface area contributed by atoms with E-state index in [-0.39, 0.29) is 5.43 Å². The van der Waals surface area contributed by atoms with Crippen LogP contribution < -0.4 is 5.43 Å². The first-order chi connectivity index (χ1) is 10.6. The van der Waals surface area contributed by atoms with Crippen LogP contribution >= 0.6 is 15.9 Å². The van der Waals surface area contributed by atoms with E-state index in [9.17, 15) is 4.79 Å². The third kappa shape index (κ3) is 2.35. The lowest BCUT2D eigenvalue weighted by Gasteiger charge is -2.05. The van der Waals surface area contributed by atoms with Crippen molar-refractivity contribution in [2.24, 2.45) is 0 Å². The minimum Gasteiger partial charge on any atom is -0.358 e. The van der Waals surface area contributed by atoms with E-state index in [0.717, 1.165) is 39.0 Å². The first-order valence-electron chi connectivity index (χ1n) is 7.24. The molecule has 2 heterocycles. The summed E-state index contributed by atoms with van der Waals surface area (Å²) in [4.78, 5) is 24.5. The van der Waals surface area contributed by atoms with Gasteiger partial charge in [-0.05, 0) is 37.6 Å². The Morgan fingerprint density at radius 3 is 2.91 bits per heavy atom. The highest BCUT2D eigenvalue weighted by Gasteiger charge is 2.42. The lowest BCUT2D eigenvalue weighted by atomic mass is 10.1. The standard InChI is InChI=1S/C17H14BrN3O/c1-9-4-5-19-17(20-9)13-7-12(13)15-8-16(22)11-3-2-10(18)6-14(11)21-15/h2-6,8,12-13H,7H2,1H3,(H,21,22)/t12-,13-/m0/s1. The Balaban J connectivity index is 1.72. The van der Waals surface area contributed by atoms with Crippen molar-refractivity contribution in [1.29, 1.82) is 0 Å². The van der Waals surface area contributed by atoms with Gasteiger partial charge in [0.2, 0.25) is 0 Å². The zero-order chi connectivity index (χ0) is 15.3. The summed E-state index contributed by atoms with van der Waals surface area (Å²) in [6.45, 7) is 1.97. The minimum atomic E-state index is 0.0621. The Morgan fingerprint density at radius 2 is 2.09 bits per heavy atom. The van der Waals surface area contributed by atoms with E-state index >= 15 is 0 Å². The van der Waals surface area contributed by atoms with Crippen molar-refractivity contribution in [3.8, 4) is 0 Å². The molecule has 1 N–H and O–H groups in total. The number of fused-ring (bicyclic) bond motifs is 1. The van der Waals surface area contributed by atoms with E-state index in [0.29, 0.717) is 11.8 Å². The second-order valence-corrected chi connectivity index (χ2v) is 6.70. The molecule has 1 fully saturated rings. The number of H-pyrrole nitrogens is 1. The van der Waals surface area contributed by atoms with Crippen LogP contribution in [0.5, 0.6) is 0 Å². The molecule has 1 saturated carbocycles. The van der Waals surface area contributed by atoms with E-state index in [1.54, 1.807) is 12.3 Å². The van der Waals surface area contributed by atoms with Crippen molar-refractivity contribution in [3.05, 3.63) is 68.4 Å². The molecular weight excluding hydrogens is 342 g/mol. The Hall–Kier alpha value is -2.01. The van der Waals surface area contributed by atoms with Gasteiger partial charge in [-0.2, -0.15) is 0 Å². The molecule has 1 aromatic carbocycles. The van der Waals surface area contributed by atoms with Gasteiger partial charge in [0.1, 0.15) is 5.82 Å². The lowest BCUT2D eigenvalue weighted by molar-refractivity contribution is 0.867. The Morgan fingerprint density at radius 1 is 1.23 bits per heavy atom. The van der Waals surface area contributed by atoms with Gasteiger partial charge in [-0.15, -0.1) is 0 Å². The average Bonchev–Trinajstić information content (AvgIpc) is 3.27. The number of halogens is 1. The van der Waals surface area contributed by atoms with Crippen molar-refractivity contribution in [2.75, 3.05) is 0 Å². The van der Waals surface area contributed by atoms with Gasteiger partial charge in [-0.25, -0.2) is 9.97 Å². The highest BCUT2D eigenvalue weighted by atomic mass is 79.9. The molecule has 0 bridgehead atoms. The molecule has 1 aliphatic carbocycles. The summed E-state index contributed by atoms with van der Waals surface area (Å²) in [5.74, 6) is 1.48. The molecule has 0 spiro atoms. The smallest absolute Gasteiger partial charge is 0.189 e. The number of aryl methyl sites for hydroxylation is 1. The summed E-state index contributed by atoms with van der Waals surface area (Å²) in [6, 6.07) is 9.29. The van der Waals surface area contributed by atoms with Gasteiger partial charge in [0, 0.05) is 45.3 Å². The van der Waals surface area contributed by atoms with Crippen LogP contribution in [0, 0.1) is 6.92 Å². The molecule has 3 aromatic rings. The monoisotopic (exact) mass is 355 g/mol. The molecule has 0 radical (unpaired) electrons. The summed E-state index contributed by atoms with van der Waals surface area (Å²) in [7, 11) is 0. The predicted octanol–water partition coefficient (Wildman–Crippen LogP) is 3.66. The van der Waals surface area contributed by atoms with Crippen LogP contribution in [0.25, 0.3) is 10.9 Å². The molecule has 4 rings (SSSR count). The number of aromatic amines is 1. The van der Waals surface area contributed by atoms with Gasteiger partial charge in [0.15, 0.2) is 5.43 Å². The fourth-order valence-electron chi connectivity index (χ4n) is 2.92. The first-order valence-corrected chi connectivity index (χ1v) is 8.03. The van der Waals surface area contributed by atoms with Crippen LogP contribution in [0.3, 0.4) is 0 Å². The highest BCUT2D eigenvalue weighted by Crippen LogP contribution is 2.52. The summed E-state index contributed by atoms with van der Waals surface area (Å²) in [6.07, 6.45) is 2.78. The minimum absolute atomic E-state index is 0.0621. The van der Waals surface area contributed by atoms with E-state index in [2.05, 4.69) is 30.9 Å². The Labute approximate surface area is 135 Å². The fraction of sp³-hybridized carbons (Fsp3) is 0.235. The van der Waals surface area contributed by atoms with Crippen molar-refractivity contribution < 1.29 is 0 Å². The largest absolute Gasteiger partial charge is 0.358 e. The topological polar surface area (TPSA) is 58.6 Å². The maximum atomic E-state index is 12.3. The van der Waals surface area contributed by atoms with Crippen LogP contribution in [-0.4, -0.2) is 15.0 Å². The molecule has 0 amide bonds. The summed E-state index contributed by atoms with van der Waals surface area (Å²) in [5, 5.41) is 0.718. The van der Waals surface area contributed by atoms with Crippen LogP contribution in [0.1, 0.15) is 35.5 Å². The van der Waals surface area contributed by atoms with Crippen LogP contribution in [0.15, 0.2) is 45.8 Å². The van der Waals surface area contributed by atoms with E-state index < -0.39 is 0 Å². The van der Waals surface area contributed by atoms with Gasteiger partial charge in [0.05, 0.1) is 5.52 Å². The predicted molar refractivity (Wildman–Crippen MR) is 89.1 cm³/mol. The van der Waals surface area contributed by atoms with E-state index in [4.69, 9.17) is 0 Å². The first kappa shape index (κ1) is 13.6. The molecule has 4 nitrogen and oxygen atoms in total. The number of aromatic nitrogens is 3. The number of nitrogens with one attached hydrogen (secondary N) is 1. The third-order valence-corrected chi connectivity index (χ3v) is 4.64. The molecule has 2 aromatic heterocycles. The molecule has 5 heteroatoms. The lowest BCUT2D eigenvalue weighted by Crippen LogP contribution is -2.05. The van der Waals surface area contributed by atoms with Crippen LogP contribution in [-0.2, 0) is 0 Å². The van der Waals surface area contributed by atoms with Gasteiger partial charge in [-0.1, -0.05) is 15.9 Å². The van der Waals surface area contributed by atoms with Crippen LogP contribution in [0.2, 0.25) is 0 Å². The average molecular weight is 356 g/mol. The van der Waals surface area contributed by atoms with Gasteiger partial charge in [0.25, 0.3) is 0 Å². The highest BCUT2D eigenvalue weighted by molar-refractivity contribution is 9.10. The zero-order valence-electron chi connectivity index (χ0n) is 12.0. The number of hydrogen-bond donors (Lipinski definition) is 1. The second-order valence-electron chi connectivity index (χ2n) is 5.78. The zero-order valence-corrected chi connectivity index (χ0v) is 13.6. The van der Waals surface area contributed by atoms with E-state index in [1.165, 1.54) is 0 Å². The Kier molecular flexibility index (Phi) is 3.11. The number of benzene rings is 1. The maximum Gasteiger partial charge on any atom is 0.189 e. The maximum absolute atomic E-state index is 12.3. The van der Waals surface area contributed by atoms with Crippen molar-refractivity contribution in [2.45, 2.75) is 25.2 Å². The quantitative estimate of drug-likeness (QED) is 0.762. The number of hydrogen-bond acceptors (Lipinski definition) is 3. The number of nitrogens with zero attached hydrogens (tertiary/aromatic N) is 2. The molecule has 0 aliphatic heterocycles. The summed E-state index contributed by atoms with van der Waals surface area (Å²) in [5.41, 5.74) is 2.89. The molecular formula is C17H14BrN3O. The molecule has 110 valence electrons. The third-order valence-electron chi connectivity index (χ3n) is 4.15. The molecule has 2 atom stereocenters.